The average molecular weight is 401 g/mol. The van der Waals surface area contributed by atoms with Crippen LogP contribution in [-0.2, 0) is 17.6 Å². The summed E-state index contributed by atoms with van der Waals surface area (Å²) < 4.78 is 8.69. The van der Waals surface area contributed by atoms with Crippen molar-refractivity contribution in [2.75, 3.05) is 0 Å². The van der Waals surface area contributed by atoms with Crippen molar-refractivity contribution in [3.63, 3.8) is 0 Å². The number of nitrogens with zero attached hydrogens (tertiary/aromatic N) is 2. The second-order valence-electron chi connectivity index (χ2n) is 8.64. The van der Waals surface area contributed by atoms with Crippen molar-refractivity contribution in [1.82, 2.24) is 9.55 Å². The van der Waals surface area contributed by atoms with Gasteiger partial charge in [0.05, 0.1) is 25.0 Å². The van der Waals surface area contributed by atoms with Gasteiger partial charge in [-0.15, -0.1) is 11.3 Å². The van der Waals surface area contributed by atoms with Crippen LogP contribution in [0.4, 0.5) is 0 Å². The normalized spacial score (nSPS) is 12.7. The van der Waals surface area contributed by atoms with E-state index in [-0.39, 0.29) is 10.6 Å². The molecule has 0 atom stereocenters. The predicted octanol–water partition coefficient (Wildman–Crippen LogP) is 5.34. The van der Waals surface area contributed by atoms with E-state index < -0.39 is 8.32 Å². The topological polar surface area (TPSA) is 44.1 Å². The van der Waals surface area contributed by atoms with Gasteiger partial charge >= 0.3 is 0 Å². The second kappa shape index (κ2) is 7.34. The van der Waals surface area contributed by atoms with Crippen LogP contribution in [0.5, 0.6) is 0 Å². The van der Waals surface area contributed by atoms with Crippen LogP contribution in [0.25, 0.3) is 10.2 Å². The average Bonchev–Trinajstić information content (AvgIpc) is 2.98. The Balaban J connectivity index is 1.71. The van der Waals surface area contributed by atoms with E-state index in [1.165, 1.54) is 16.9 Å². The molecule has 0 spiro atoms. The maximum Gasteiger partial charge on any atom is 0.271 e. The Hall–Kier alpha value is -1.76. The van der Waals surface area contributed by atoms with Crippen molar-refractivity contribution in [3.8, 4) is 0 Å². The molecule has 1 aromatic carbocycles. The van der Waals surface area contributed by atoms with E-state index in [1.54, 1.807) is 10.9 Å². The van der Waals surface area contributed by atoms with Crippen LogP contribution in [-0.4, -0.2) is 17.9 Å². The van der Waals surface area contributed by atoms with Crippen LogP contribution in [0, 0.1) is 6.92 Å². The molecule has 3 aromatic rings. The van der Waals surface area contributed by atoms with E-state index in [2.05, 4.69) is 63.1 Å². The van der Waals surface area contributed by atoms with Gasteiger partial charge in [-0.3, -0.25) is 9.36 Å². The molecule has 0 unspecified atom stereocenters. The number of thiophene rings is 1. The summed E-state index contributed by atoms with van der Waals surface area (Å²) in [6, 6.07) is 8.32. The van der Waals surface area contributed by atoms with Crippen LogP contribution < -0.4 is 5.56 Å². The van der Waals surface area contributed by atoms with Gasteiger partial charge in [0.1, 0.15) is 4.70 Å². The predicted molar refractivity (Wildman–Crippen MR) is 116 cm³/mol. The number of hydrogen-bond donors (Lipinski definition) is 0. The molecule has 0 saturated heterocycles. The number of aryl methyl sites for hydroxylation is 1. The molecule has 0 radical (unpaired) electrons. The summed E-state index contributed by atoms with van der Waals surface area (Å²) in [5, 5.41) is 2.19. The van der Waals surface area contributed by atoms with Crippen LogP contribution in [0.1, 0.15) is 37.5 Å². The zero-order chi connectivity index (χ0) is 19.8. The highest BCUT2D eigenvalue weighted by Gasteiger charge is 2.36. The minimum atomic E-state index is -1.75. The Morgan fingerprint density at radius 3 is 2.41 bits per heavy atom. The monoisotopic (exact) mass is 400 g/mol. The Labute approximate surface area is 166 Å². The molecule has 0 aliphatic rings. The number of hydrogen-bond acceptors (Lipinski definition) is 4. The molecule has 144 valence electrons. The first-order chi connectivity index (χ1) is 12.6. The van der Waals surface area contributed by atoms with Crippen molar-refractivity contribution < 1.29 is 4.43 Å². The number of aromatic nitrogens is 2. The number of rotatable bonds is 5. The lowest BCUT2D eigenvalue weighted by molar-refractivity contribution is 0.276. The largest absolute Gasteiger partial charge is 0.413 e. The third-order valence-corrected chi connectivity index (χ3v) is 11.1. The van der Waals surface area contributed by atoms with Gasteiger partial charge in [0, 0.05) is 0 Å². The lowest BCUT2D eigenvalue weighted by atomic mass is 10.1. The number of fused-ring (bicyclic) bond motifs is 1. The van der Waals surface area contributed by atoms with Crippen LogP contribution >= 0.6 is 11.3 Å². The summed E-state index contributed by atoms with van der Waals surface area (Å²) in [4.78, 5) is 17.1. The van der Waals surface area contributed by atoms with E-state index >= 15 is 0 Å². The summed E-state index contributed by atoms with van der Waals surface area (Å²) in [6.45, 7) is 14.4. The van der Waals surface area contributed by atoms with Crippen molar-refractivity contribution in [2.24, 2.45) is 0 Å². The molecule has 0 N–H and O–H groups in total. The van der Waals surface area contributed by atoms with E-state index in [4.69, 9.17) is 4.43 Å². The highest BCUT2D eigenvalue weighted by atomic mass is 32.1. The summed E-state index contributed by atoms with van der Waals surface area (Å²) in [5.74, 6) is 0. The van der Waals surface area contributed by atoms with Gasteiger partial charge in [-0.1, -0.05) is 45.0 Å². The maximum absolute atomic E-state index is 12.6. The molecular formula is C21H28N2O2SSi. The van der Waals surface area contributed by atoms with Crippen molar-refractivity contribution in [3.05, 3.63) is 63.0 Å². The van der Waals surface area contributed by atoms with Gasteiger partial charge in [0.2, 0.25) is 0 Å². The highest BCUT2D eigenvalue weighted by molar-refractivity contribution is 7.17. The van der Waals surface area contributed by atoms with E-state index in [1.807, 2.05) is 12.3 Å². The van der Waals surface area contributed by atoms with Gasteiger partial charge in [-0.05, 0) is 47.1 Å². The first kappa shape index (κ1) is 20.0. The molecule has 0 fully saturated rings. The molecule has 6 heteroatoms. The van der Waals surface area contributed by atoms with Crippen LogP contribution in [0.2, 0.25) is 18.1 Å². The maximum atomic E-state index is 12.6. The van der Waals surface area contributed by atoms with E-state index in [0.717, 1.165) is 21.3 Å². The van der Waals surface area contributed by atoms with Gasteiger partial charge in [-0.25, -0.2) is 4.98 Å². The molecule has 0 amide bonds. The number of benzene rings is 1. The van der Waals surface area contributed by atoms with Crippen molar-refractivity contribution in [1.29, 1.82) is 0 Å². The second-order valence-corrected chi connectivity index (χ2v) is 14.3. The Kier molecular flexibility index (Phi) is 5.43. The van der Waals surface area contributed by atoms with Crippen molar-refractivity contribution in [2.45, 2.75) is 59.0 Å². The van der Waals surface area contributed by atoms with Crippen LogP contribution in [0.3, 0.4) is 0 Å². The molecule has 27 heavy (non-hydrogen) atoms. The Bertz CT molecular complexity index is 998. The molecule has 3 rings (SSSR count). The molecule has 0 aliphatic heterocycles. The standard InChI is InChI=1S/C21H28N2O2SSi/c1-15-13-26-19-18(15)22-14-23(20(19)24)11-16-7-9-17(10-8-16)12-25-27(5,6)21(2,3)4/h7-10,13-14H,11-12H2,1-6H3. The summed E-state index contributed by atoms with van der Waals surface area (Å²) >= 11 is 1.47. The molecule has 2 heterocycles. The molecule has 0 bridgehead atoms. The highest BCUT2D eigenvalue weighted by Crippen LogP contribution is 2.37. The molecular weight excluding hydrogens is 372 g/mol. The van der Waals surface area contributed by atoms with Gasteiger partial charge < -0.3 is 4.43 Å². The third kappa shape index (κ3) is 4.23. The van der Waals surface area contributed by atoms with E-state index in [0.29, 0.717) is 13.2 Å². The Morgan fingerprint density at radius 2 is 1.78 bits per heavy atom. The molecule has 4 nitrogen and oxygen atoms in total. The molecule has 2 aromatic heterocycles. The minimum absolute atomic E-state index is 0.0310. The molecule has 0 aliphatic carbocycles. The molecule has 0 saturated carbocycles. The SMILES string of the molecule is Cc1csc2c(=O)n(Cc3ccc(CO[Si](C)(C)C(C)(C)C)cc3)cnc12. The smallest absolute Gasteiger partial charge is 0.271 e. The van der Waals surface area contributed by atoms with Crippen LogP contribution in [0.15, 0.2) is 40.8 Å². The quantitative estimate of drug-likeness (QED) is 0.543. The van der Waals surface area contributed by atoms with Gasteiger partial charge in [-0.2, -0.15) is 0 Å². The van der Waals surface area contributed by atoms with E-state index in [9.17, 15) is 4.79 Å². The van der Waals surface area contributed by atoms with Gasteiger partial charge in [0.25, 0.3) is 5.56 Å². The Morgan fingerprint density at radius 1 is 1.15 bits per heavy atom. The minimum Gasteiger partial charge on any atom is -0.413 e. The summed E-state index contributed by atoms with van der Waals surface area (Å²) in [5.41, 5.74) is 4.16. The lowest BCUT2D eigenvalue weighted by Crippen LogP contribution is -2.40. The zero-order valence-electron chi connectivity index (χ0n) is 17.0. The first-order valence-electron chi connectivity index (χ1n) is 9.23. The fraction of sp³-hybridized carbons (Fsp3) is 0.429. The fourth-order valence-electron chi connectivity index (χ4n) is 2.59. The summed E-state index contributed by atoms with van der Waals surface area (Å²) in [7, 11) is -1.75. The van der Waals surface area contributed by atoms with Crippen molar-refractivity contribution >= 4 is 29.9 Å². The third-order valence-electron chi connectivity index (χ3n) is 5.51. The van der Waals surface area contributed by atoms with Gasteiger partial charge in [0.15, 0.2) is 8.32 Å². The lowest BCUT2D eigenvalue weighted by Gasteiger charge is -2.36. The summed E-state index contributed by atoms with van der Waals surface area (Å²) in [6.07, 6.45) is 1.65. The first-order valence-corrected chi connectivity index (χ1v) is 13.0. The fourth-order valence-corrected chi connectivity index (χ4v) is 4.50. The zero-order valence-corrected chi connectivity index (χ0v) is 18.8.